The van der Waals surface area contributed by atoms with Crippen LogP contribution in [0.5, 0.6) is 0 Å². The standard InChI is InChI=1S/C22H25FN6O3/c23-16-3-5-17(6-4-16)26-21-18(20(25)30)12-29(27-21)19-13-28(9-7-15(19)11-24)22(31)32-10-8-14-1-2-14/h3-6,12,14-15,19H,1-2,7-10,13H2,(H2,25,30)(H,26,27). The number of hydrogen-bond donors (Lipinski definition) is 2. The first-order chi connectivity index (χ1) is 15.4. The van der Waals surface area contributed by atoms with Gasteiger partial charge in [0, 0.05) is 25.0 Å². The largest absolute Gasteiger partial charge is 0.449 e. The zero-order valence-corrected chi connectivity index (χ0v) is 17.5. The van der Waals surface area contributed by atoms with Crippen LogP contribution in [0, 0.1) is 29.0 Å². The molecule has 0 radical (unpaired) electrons. The Bertz CT molecular complexity index is 1030. The molecule has 4 rings (SSSR count). The van der Waals surface area contributed by atoms with E-state index in [1.807, 2.05) is 0 Å². The number of nitrogens with one attached hydrogen (secondary N) is 1. The topological polar surface area (TPSA) is 126 Å². The van der Waals surface area contributed by atoms with E-state index in [1.54, 1.807) is 4.90 Å². The van der Waals surface area contributed by atoms with Crippen LogP contribution < -0.4 is 11.1 Å². The van der Waals surface area contributed by atoms with Crippen molar-refractivity contribution in [3.63, 3.8) is 0 Å². The molecular formula is C22H25FN6O3. The van der Waals surface area contributed by atoms with E-state index >= 15 is 0 Å². The molecule has 0 spiro atoms. The third kappa shape index (κ3) is 4.99. The predicted octanol–water partition coefficient (Wildman–Crippen LogP) is 3.19. The van der Waals surface area contributed by atoms with Crippen LogP contribution in [0.3, 0.4) is 0 Å². The average Bonchev–Trinajstić information content (AvgIpc) is 3.51. The quantitative estimate of drug-likeness (QED) is 0.681. The minimum atomic E-state index is -0.693. The van der Waals surface area contributed by atoms with Gasteiger partial charge in [0.1, 0.15) is 11.4 Å². The number of carbonyl (C=O) groups excluding carboxylic acids is 2. The summed E-state index contributed by atoms with van der Waals surface area (Å²) in [4.78, 5) is 26.1. The smallest absolute Gasteiger partial charge is 0.409 e. The molecule has 9 nitrogen and oxygen atoms in total. The Hall–Kier alpha value is -3.61. The summed E-state index contributed by atoms with van der Waals surface area (Å²) in [7, 11) is 0. The highest BCUT2D eigenvalue weighted by atomic mass is 19.1. The van der Waals surface area contributed by atoms with Gasteiger partial charge in [-0.25, -0.2) is 9.18 Å². The van der Waals surface area contributed by atoms with Crippen molar-refractivity contribution in [2.24, 2.45) is 17.6 Å². The molecule has 2 aliphatic rings. The number of primary amides is 1. The molecule has 0 bridgehead atoms. The third-order valence-electron chi connectivity index (χ3n) is 5.90. The van der Waals surface area contributed by atoms with Gasteiger partial charge in [-0.1, -0.05) is 12.8 Å². The van der Waals surface area contributed by atoms with Crippen molar-refractivity contribution in [1.82, 2.24) is 14.7 Å². The molecular weight excluding hydrogens is 415 g/mol. The van der Waals surface area contributed by atoms with Crippen LogP contribution in [-0.2, 0) is 4.74 Å². The minimum Gasteiger partial charge on any atom is -0.449 e. The van der Waals surface area contributed by atoms with Crippen LogP contribution in [0.4, 0.5) is 20.7 Å². The number of hydrogen-bond acceptors (Lipinski definition) is 6. The number of amides is 2. The number of anilines is 2. The summed E-state index contributed by atoms with van der Waals surface area (Å²) in [5.74, 6) is -0.612. The minimum absolute atomic E-state index is 0.134. The Kier molecular flexibility index (Phi) is 6.25. The Morgan fingerprint density at radius 2 is 2.03 bits per heavy atom. The fraction of sp³-hybridized carbons (Fsp3) is 0.455. The lowest BCUT2D eigenvalue weighted by Gasteiger charge is -2.35. The number of piperidine rings is 1. The summed E-state index contributed by atoms with van der Waals surface area (Å²) < 4.78 is 20.1. The van der Waals surface area contributed by atoms with Crippen molar-refractivity contribution in [3.8, 4) is 6.07 Å². The first-order valence-electron chi connectivity index (χ1n) is 10.7. The summed E-state index contributed by atoms with van der Waals surface area (Å²) in [5.41, 5.74) is 6.18. The van der Waals surface area contributed by atoms with Crippen LogP contribution >= 0.6 is 0 Å². The highest BCUT2D eigenvalue weighted by Crippen LogP contribution is 2.33. The van der Waals surface area contributed by atoms with E-state index in [4.69, 9.17) is 10.5 Å². The molecule has 2 unspecified atom stereocenters. The molecule has 1 saturated heterocycles. The van der Waals surface area contributed by atoms with Crippen LogP contribution in [0.15, 0.2) is 30.5 Å². The molecule has 3 N–H and O–H groups in total. The van der Waals surface area contributed by atoms with Crippen molar-refractivity contribution < 1.29 is 18.7 Å². The number of nitrogens with zero attached hydrogens (tertiary/aromatic N) is 4. The lowest BCUT2D eigenvalue weighted by molar-refractivity contribution is 0.0745. The maximum Gasteiger partial charge on any atom is 0.409 e. The molecule has 1 aromatic carbocycles. The van der Waals surface area contributed by atoms with Gasteiger partial charge < -0.3 is 20.7 Å². The van der Waals surface area contributed by atoms with Crippen molar-refractivity contribution in [3.05, 3.63) is 41.8 Å². The third-order valence-corrected chi connectivity index (χ3v) is 5.90. The van der Waals surface area contributed by atoms with E-state index in [2.05, 4.69) is 16.5 Å². The molecule has 32 heavy (non-hydrogen) atoms. The molecule has 1 aliphatic carbocycles. The second-order valence-corrected chi connectivity index (χ2v) is 8.25. The number of rotatable bonds is 7. The maximum absolute atomic E-state index is 13.2. The molecule has 1 aliphatic heterocycles. The second-order valence-electron chi connectivity index (χ2n) is 8.25. The average molecular weight is 440 g/mol. The molecule has 2 aromatic rings. The summed E-state index contributed by atoms with van der Waals surface area (Å²) in [6.45, 7) is 1.05. The Balaban J connectivity index is 1.51. The number of benzene rings is 1. The summed E-state index contributed by atoms with van der Waals surface area (Å²) in [5, 5.41) is 17.0. The van der Waals surface area contributed by atoms with Gasteiger partial charge in [0.2, 0.25) is 0 Å². The lowest BCUT2D eigenvalue weighted by atomic mass is 9.93. The zero-order valence-electron chi connectivity index (χ0n) is 17.5. The van der Waals surface area contributed by atoms with Gasteiger partial charge in [0.25, 0.3) is 5.91 Å². The van der Waals surface area contributed by atoms with Crippen molar-refractivity contribution in [2.45, 2.75) is 31.7 Å². The first-order valence-corrected chi connectivity index (χ1v) is 10.7. The van der Waals surface area contributed by atoms with Gasteiger partial charge in [-0.2, -0.15) is 10.4 Å². The van der Waals surface area contributed by atoms with E-state index in [-0.39, 0.29) is 23.7 Å². The Labute approximate surface area is 184 Å². The summed E-state index contributed by atoms with van der Waals surface area (Å²) in [6, 6.07) is 7.39. The van der Waals surface area contributed by atoms with Gasteiger partial charge in [0.15, 0.2) is 5.82 Å². The number of aromatic nitrogens is 2. The molecule has 168 valence electrons. The lowest BCUT2D eigenvalue weighted by Crippen LogP contribution is -2.44. The molecule has 1 saturated carbocycles. The van der Waals surface area contributed by atoms with E-state index in [0.29, 0.717) is 31.2 Å². The fourth-order valence-electron chi connectivity index (χ4n) is 3.83. The van der Waals surface area contributed by atoms with Crippen LogP contribution in [0.1, 0.15) is 42.1 Å². The SMILES string of the molecule is N#CC1CCN(C(=O)OCCC2CC2)CC1n1cc(C(N)=O)c(Nc2ccc(F)cc2)n1. The van der Waals surface area contributed by atoms with Crippen molar-refractivity contribution in [1.29, 1.82) is 5.26 Å². The predicted molar refractivity (Wildman–Crippen MR) is 113 cm³/mol. The molecule has 2 atom stereocenters. The first kappa shape index (κ1) is 21.6. The van der Waals surface area contributed by atoms with Crippen molar-refractivity contribution in [2.75, 3.05) is 25.0 Å². The number of likely N-dealkylation sites (tertiary alicyclic amines) is 1. The van der Waals surface area contributed by atoms with E-state index in [0.717, 1.165) is 6.42 Å². The van der Waals surface area contributed by atoms with E-state index < -0.39 is 24.0 Å². The fourth-order valence-corrected chi connectivity index (χ4v) is 3.83. The Morgan fingerprint density at radius 3 is 2.69 bits per heavy atom. The van der Waals surface area contributed by atoms with Crippen LogP contribution in [0.25, 0.3) is 0 Å². The summed E-state index contributed by atoms with van der Waals surface area (Å²) >= 11 is 0. The molecule has 10 heteroatoms. The molecule has 2 heterocycles. The molecule has 1 aromatic heterocycles. The number of nitrogens with two attached hydrogens (primary N) is 1. The Morgan fingerprint density at radius 1 is 1.28 bits per heavy atom. The van der Waals surface area contributed by atoms with Gasteiger partial charge in [-0.3, -0.25) is 9.48 Å². The van der Waals surface area contributed by atoms with Gasteiger partial charge >= 0.3 is 6.09 Å². The number of nitriles is 1. The normalized spacial score (nSPS) is 20.4. The van der Waals surface area contributed by atoms with Crippen molar-refractivity contribution >= 4 is 23.5 Å². The maximum atomic E-state index is 13.2. The number of halogens is 1. The van der Waals surface area contributed by atoms with E-state index in [1.165, 1.54) is 48.0 Å². The number of carbonyl (C=O) groups is 2. The number of ether oxygens (including phenoxy) is 1. The van der Waals surface area contributed by atoms with Gasteiger partial charge in [-0.15, -0.1) is 0 Å². The summed E-state index contributed by atoms with van der Waals surface area (Å²) in [6.07, 6.45) is 4.81. The van der Waals surface area contributed by atoms with E-state index in [9.17, 15) is 19.2 Å². The highest BCUT2D eigenvalue weighted by molar-refractivity contribution is 5.98. The van der Waals surface area contributed by atoms with Crippen LogP contribution in [-0.4, -0.2) is 46.4 Å². The monoisotopic (exact) mass is 440 g/mol. The second kappa shape index (κ2) is 9.26. The van der Waals surface area contributed by atoms with Gasteiger partial charge in [-0.05, 0) is 43.0 Å². The van der Waals surface area contributed by atoms with Crippen LogP contribution in [0.2, 0.25) is 0 Å². The molecule has 2 amide bonds. The molecule has 2 fully saturated rings. The highest BCUT2D eigenvalue weighted by Gasteiger charge is 2.35. The zero-order chi connectivity index (χ0) is 22.7. The van der Waals surface area contributed by atoms with Gasteiger partial charge in [0.05, 0.1) is 24.6 Å².